The second-order valence-electron chi connectivity index (χ2n) is 9.64. The van der Waals surface area contributed by atoms with Gasteiger partial charge in [0.05, 0.1) is 52.9 Å². The van der Waals surface area contributed by atoms with Gasteiger partial charge in [0.1, 0.15) is 22.8 Å². The van der Waals surface area contributed by atoms with Crippen LogP contribution in [0, 0.1) is 0 Å². The Hall–Kier alpha value is -4.34. The van der Waals surface area contributed by atoms with Gasteiger partial charge in [0, 0.05) is 36.7 Å². The van der Waals surface area contributed by atoms with Crippen molar-refractivity contribution in [3.63, 3.8) is 0 Å². The van der Waals surface area contributed by atoms with Gasteiger partial charge in [-0.15, -0.1) is 0 Å². The summed E-state index contributed by atoms with van der Waals surface area (Å²) in [5.74, 6) is -6.44. The standard InChI is InChI=1S/2C11H10N2O2.2C4H8O2.2C2H4O2.Cu.2H2O/c2*14-11(15,9-5-1-3-7-12-9)10-6-2-4-8-13-10;2*1-2-6-4-3-5-1;2*1-2(3)4;;;/h2*1-8,14-15H;2*1-4H2;2*1H3,(H,3,4);;2*1H2/q;;;;;;+2;;/p-2. The zero-order valence-electron chi connectivity index (χ0n) is 29.0. The molecule has 0 amide bonds. The van der Waals surface area contributed by atoms with Crippen LogP contribution in [0.5, 0.6) is 0 Å². The van der Waals surface area contributed by atoms with Gasteiger partial charge < -0.3 is 70.1 Å². The molecule has 53 heavy (non-hydrogen) atoms. The van der Waals surface area contributed by atoms with Crippen molar-refractivity contribution < 1.29 is 87.2 Å². The number of hydrogen-bond donors (Lipinski definition) is 4. The van der Waals surface area contributed by atoms with Gasteiger partial charge >= 0.3 is 17.1 Å². The number of carboxylic acids is 2. The SMILES string of the molecule is C1COCCO1.C1COCCO1.CC(=O)[O-].CC(=O)[O-].O.O.OC(O)(c1ccccn1)c1ccccn1.OC(O)(c1ccccn1)c1ccccn1.[Cu+2]. The largest absolute Gasteiger partial charge is 2.00 e. The van der Waals surface area contributed by atoms with Crippen LogP contribution >= 0.6 is 0 Å². The molecule has 6 heterocycles. The smallest absolute Gasteiger partial charge is 0.550 e. The van der Waals surface area contributed by atoms with Crippen molar-refractivity contribution in [3.8, 4) is 0 Å². The molecule has 4 aromatic rings. The van der Waals surface area contributed by atoms with Crippen molar-refractivity contribution in [2.45, 2.75) is 25.4 Å². The molecular weight excluding hydrogens is 752 g/mol. The average molecular weight is 798 g/mol. The second kappa shape index (κ2) is 31.2. The van der Waals surface area contributed by atoms with Crippen molar-refractivity contribution in [2.75, 3.05) is 52.9 Å². The molecule has 4 aromatic heterocycles. The normalized spacial score (nSPS) is 12.8. The Labute approximate surface area is 317 Å². The van der Waals surface area contributed by atoms with Gasteiger partial charge in [-0.25, -0.2) is 0 Å². The molecule has 8 N–H and O–H groups in total. The number of pyridine rings is 4. The van der Waals surface area contributed by atoms with E-state index < -0.39 is 23.5 Å². The van der Waals surface area contributed by atoms with Gasteiger partial charge in [0.15, 0.2) is 0 Å². The molecule has 2 fully saturated rings. The van der Waals surface area contributed by atoms with Gasteiger partial charge in [-0.1, -0.05) is 24.3 Å². The predicted octanol–water partition coefficient (Wildman–Crippen LogP) is -2.75. The third-order valence-electron chi connectivity index (χ3n) is 5.58. The summed E-state index contributed by atoms with van der Waals surface area (Å²) in [5, 5.41) is 57.3. The van der Waals surface area contributed by atoms with E-state index in [2.05, 4.69) is 19.9 Å². The number of carboxylic acid groups (broad SMARTS) is 2. The molecule has 0 aliphatic carbocycles. The van der Waals surface area contributed by atoms with Crippen LogP contribution in [0.15, 0.2) is 97.6 Å². The molecule has 0 unspecified atom stereocenters. The minimum absolute atomic E-state index is 0. The first-order chi connectivity index (χ1) is 23.9. The number of carbonyl (C=O) groups is 2. The molecular formula is C34H46CuN4O14. The van der Waals surface area contributed by atoms with Crippen LogP contribution in [0.25, 0.3) is 0 Å². The van der Waals surface area contributed by atoms with Gasteiger partial charge in [-0.05, 0) is 62.4 Å². The van der Waals surface area contributed by atoms with Crippen LogP contribution in [0.1, 0.15) is 36.6 Å². The molecule has 0 atom stereocenters. The summed E-state index contributed by atoms with van der Waals surface area (Å²) in [6.45, 7) is 8.17. The molecule has 0 bridgehead atoms. The molecule has 0 aromatic carbocycles. The summed E-state index contributed by atoms with van der Waals surface area (Å²) in [5.41, 5.74) is 0.625. The molecule has 2 saturated heterocycles. The van der Waals surface area contributed by atoms with Crippen molar-refractivity contribution in [3.05, 3.63) is 120 Å². The molecule has 2 aliphatic heterocycles. The number of hydrogen-bond acceptors (Lipinski definition) is 16. The van der Waals surface area contributed by atoms with Crippen molar-refractivity contribution >= 4 is 11.9 Å². The van der Waals surface area contributed by atoms with Gasteiger partial charge in [-0.3, -0.25) is 19.9 Å². The maximum absolute atomic E-state index is 9.89. The summed E-state index contributed by atoms with van der Waals surface area (Å²) in [4.78, 5) is 33.3. The third kappa shape index (κ3) is 24.5. The van der Waals surface area contributed by atoms with Crippen LogP contribution in [0.2, 0.25) is 0 Å². The molecule has 19 heteroatoms. The molecule has 297 valence electrons. The molecule has 6 rings (SSSR count). The number of aliphatic carboxylic acids is 2. The molecule has 2 aliphatic rings. The summed E-state index contributed by atoms with van der Waals surface area (Å²) >= 11 is 0. The Bertz CT molecular complexity index is 1210. The number of rotatable bonds is 4. The minimum Gasteiger partial charge on any atom is -0.550 e. The number of aromatic nitrogens is 4. The van der Waals surface area contributed by atoms with Crippen LogP contribution < -0.4 is 10.2 Å². The topological polar surface area (TPSA) is 313 Å². The van der Waals surface area contributed by atoms with E-state index in [0.29, 0.717) is 0 Å². The second-order valence-corrected chi connectivity index (χ2v) is 9.64. The summed E-state index contributed by atoms with van der Waals surface area (Å²) < 4.78 is 19.8. The Morgan fingerprint density at radius 2 is 0.660 bits per heavy atom. The Kier molecular flexibility index (Phi) is 31.2. The molecule has 0 saturated carbocycles. The third-order valence-corrected chi connectivity index (χ3v) is 5.58. The zero-order chi connectivity index (χ0) is 37.1. The van der Waals surface area contributed by atoms with Crippen LogP contribution in [0.3, 0.4) is 0 Å². The van der Waals surface area contributed by atoms with Gasteiger partial charge in [0.2, 0.25) is 0 Å². The van der Waals surface area contributed by atoms with E-state index in [-0.39, 0.29) is 50.8 Å². The fraction of sp³-hybridized carbons (Fsp3) is 0.353. The maximum Gasteiger partial charge on any atom is 2.00 e. The van der Waals surface area contributed by atoms with E-state index in [0.717, 1.165) is 66.7 Å². The van der Waals surface area contributed by atoms with Gasteiger partial charge in [-0.2, -0.15) is 0 Å². The number of nitrogens with zero attached hydrogens (tertiary/aromatic N) is 4. The van der Waals surface area contributed by atoms with Crippen molar-refractivity contribution in [1.29, 1.82) is 0 Å². The maximum atomic E-state index is 9.89. The Balaban J connectivity index is -0.000000610. The fourth-order valence-corrected chi connectivity index (χ4v) is 3.42. The fourth-order valence-electron chi connectivity index (χ4n) is 3.42. The molecule has 0 spiro atoms. The van der Waals surface area contributed by atoms with E-state index in [9.17, 15) is 20.4 Å². The van der Waals surface area contributed by atoms with E-state index >= 15 is 0 Å². The number of carbonyl (C=O) groups excluding carboxylic acids is 2. The van der Waals surface area contributed by atoms with E-state index in [1.54, 1.807) is 48.5 Å². The molecule has 18 nitrogen and oxygen atoms in total. The Morgan fingerprint density at radius 1 is 0.491 bits per heavy atom. The summed E-state index contributed by atoms with van der Waals surface area (Å²) in [6, 6.07) is 19.7. The van der Waals surface area contributed by atoms with Gasteiger partial charge in [0.25, 0.3) is 11.6 Å². The van der Waals surface area contributed by atoms with E-state index in [4.69, 9.17) is 38.7 Å². The quantitative estimate of drug-likeness (QED) is 0.120. The average Bonchev–Trinajstić information content (AvgIpc) is 3.15. The summed E-state index contributed by atoms with van der Waals surface area (Å²) in [6.07, 6.45) is 6.00. The molecule has 1 radical (unpaired) electrons. The van der Waals surface area contributed by atoms with E-state index in [1.807, 2.05) is 0 Å². The van der Waals surface area contributed by atoms with Crippen LogP contribution in [-0.4, -0.2) is 116 Å². The number of ether oxygens (including phenoxy) is 4. The number of aliphatic hydroxyl groups is 4. The monoisotopic (exact) mass is 797 g/mol. The van der Waals surface area contributed by atoms with Crippen LogP contribution in [-0.2, 0) is 57.2 Å². The van der Waals surface area contributed by atoms with Crippen molar-refractivity contribution in [1.82, 2.24) is 19.9 Å². The van der Waals surface area contributed by atoms with E-state index in [1.165, 1.54) is 49.1 Å². The zero-order valence-corrected chi connectivity index (χ0v) is 30.0. The predicted molar refractivity (Wildman–Crippen MR) is 179 cm³/mol. The minimum atomic E-state index is -2.14. The first kappa shape index (κ1) is 53.0. The first-order valence-corrected chi connectivity index (χ1v) is 15.1. The van der Waals surface area contributed by atoms with Crippen molar-refractivity contribution in [2.24, 2.45) is 0 Å². The Morgan fingerprint density at radius 3 is 0.774 bits per heavy atom. The van der Waals surface area contributed by atoms with Crippen LogP contribution in [0.4, 0.5) is 0 Å². The summed E-state index contributed by atoms with van der Waals surface area (Å²) in [7, 11) is 0. The first-order valence-electron chi connectivity index (χ1n) is 15.1.